The highest BCUT2D eigenvalue weighted by molar-refractivity contribution is 5.77. The van der Waals surface area contributed by atoms with Gasteiger partial charge in [0.1, 0.15) is 5.69 Å². The molecule has 0 spiro atoms. The van der Waals surface area contributed by atoms with Gasteiger partial charge in [0.25, 0.3) is 5.56 Å². The van der Waals surface area contributed by atoms with Crippen molar-refractivity contribution in [1.29, 1.82) is 0 Å². The van der Waals surface area contributed by atoms with E-state index in [0.29, 0.717) is 18.5 Å². The monoisotopic (exact) mass is 384 g/mol. The van der Waals surface area contributed by atoms with Crippen LogP contribution in [0.5, 0.6) is 0 Å². The van der Waals surface area contributed by atoms with Gasteiger partial charge in [0.05, 0.1) is 24.2 Å². The van der Waals surface area contributed by atoms with Gasteiger partial charge in [-0.2, -0.15) is 0 Å². The molecule has 0 radical (unpaired) electrons. The molecule has 28 heavy (non-hydrogen) atoms. The van der Waals surface area contributed by atoms with Crippen LogP contribution in [0, 0.1) is 0 Å². The fraction of sp³-hybridized carbons (Fsp3) is 0.571. The van der Waals surface area contributed by atoms with Crippen LogP contribution in [0.1, 0.15) is 31.4 Å². The van der Waals surface area contributed by atoms with E-state index >= 15 is 0 Å². The fourth-order valence-corrected chi connectivity index (χ4v) is 4.21. The van der Waals surface area contributed by atoms with E-state index in [1.165, 1.54) is 6.42 Å². The molecule has 3 heterocycles. The summed E-state index contributed by atoms with van der Waals surface area (Å²) in [4.78, 5) is 37.0. The van der Waals surface area contributed by atoms with E-state index in [-0.39, 0.29) is 17.5 Å². The minimum absolute atomic E-state index is 0.132. The number of hydrogen-bond acceptors (Lipinski definition) is 5. The van der Waals surface area contributed by atoms with Crippen LogP contribution in [0.4, 0.5) is 0 Å². The molecule has 1 N–H and O–H groups in total. The van der Waals surface area contributed by atoms with Crippen molar-refractivity contribution in [3.05, 3.63) is 40.3 Å². The van der Waals surface area contributed by atoms with Crippen molar-refractivity contribution < 1.29 is 9.53 Å². The van der Waals surface area contributed by atoms with Crippen molar-refractivity contribution >= 4 is 16.9 Å². The van der Waals surface area contributed by atoms with Crippen LogP contribution in [0.25, 0.3) is 11.0 Å². The Hall–Kier alpha value is -2.25. The number of rotatable bonds is 5. The number of hydrogen-bond donors (Lipinski definition) is 1. The highest BCUT2D eigenvalue weighted by atomic mass is 16.5. The Bertz CT molecular complexity index is 875. The Labute approximate surface area is 164 Å². The molecule has 2 aromatic rings. The maximum absolute atomic E-state index is 12.9. The molecule has 2 aliphatic rings. The minimum Gasteiger partial charge on any atom is -0.379 e. The Morgan fingerprint density at radius 2 is 2.00 bits per heavy atom. The second-order valence-electron chi connectivity index (χ2n) is 7.68. The van der Waals surface area contributed by atoms with Crippen molar-refractivity contribution in [1.82, 2.24) is 19.8 Å². The molecule has 1 atom stereocenters. The van der Waals surface area contributed by atoms with E-state index < -0.39 is 0 Å². The molecule has 2 fully saturated rings. The summed E-state index contributed by atoms with van der Waals surface area (Å²) < 4.78 is 5.43. The third-order valence-electron chi connectivity index (χ3n) is 5.77. The lowest BCUT2D eigenvalue weighted by Crippen LogP contribution is -2.51. The molecule has 7 nitrogen and oxygen atoms in total. The number of carbonyl (C=O) groups is 1. The molecular formula is C21H28N4O3. The number of nitrogens with one attached hydrogen (secondary N) is 1. The molecule has 7 heteroatoms. The SMILES string of the molecule is O=C(CCc1nc2ccccc2[nH]c1=O)N1CCCC[C@@H]1CN1CCOCC1. The number of aromatic amines is 1. The zero-order chi connectivity index (χ0) is 19.3. The van der Waals surface area contributed by atoms with Gasteiger partial charge in [0, 0.05) is 45.1 Å². The van der Waals surface area contributed by atoms with E-state index in [0.717, 1.165) is 63.3 Å². The summed E-state index contributed by atoms with van der Waals surface area (Å²) in [5, 5.41) is 0. The van der Waals surface area contributed by atoms with Crippen LogP contribution in [-0.4, -0.2) is 71.1 Å². The zero-order valence-electron chi connectivity index (χ0n) is 16.2. The molecule has 1 amide bonds. The number of para-hydroxylation sites is 2. The van der Waals surface area contributed by atoms with Crippen molar-refractivity contribution in [2.45, 2.75) is 38.1 Å². The summed E-state index contributed by atoms with van der Waals surface area (Å²) in [7, 11) is 0. The van der Waals surface area contributed by atoms with Crippen molar-refractivity contribution in [3.63, 3.8) is 0 Å². The predicted octanol–water partition coefficient (Wildman–Crippen LogP) is 1.57. The number of ether oxygens (including phenoxy) is 1. The number of nitrogens with zero attached hydrogens (tertiary/aromatic N) is 3. The molecule has 2 saturated heterocycles. The zero-order valence-corrected chi connectivity index (χ0v) is 16.2. The first kappa shape index (κ1) is 19.1. The van der Waals surface area contributed by atoms with Crippen LogP contribution < -0.4 is 5.56 Å². The number of aromatic nitrogens is 2. The molecule has 0 aliphatic carbocycles. The number of H-pyrrole nitrogens is 1. The van der Waals surface area contributed by atoms with Crippen LogP contribution in [0.3, 0.4) is 0 Å². The van der Waals surface area contributed by atoms with Gasteiger partial charge in [-0.25, -0.2) is 4.98 Å². The third-order valence-corrected chi connectivity index (χ3v) is 5.77. The van der Waals surface area contributed by atoms with E-state index in [4.69, 9.17) is 4.74 Å². The summed E-state index contributed by atoms with van der Waals surface area (Å²) in [6.45, 7) is 5.16. The lowest BCUT2D eigenvalue weighted by Gasteiger charge is -2.39. The second-order valence-corrected chi connectivity index (χ2v) is 7.68. The summed E-state index contributed by atoms with van der Waals surface area (Å²) >= 11 is 0. The number of amides is 1. The number of morpholine rings is 1. The average Bonchev–Trinajstić information content (AvgIpc) is 2.73. The van der Waals surface area contributed by atoms with Crippen molar-refractivity contribution in [3.8, 4) is 0 Å². The summed E-state index contributed by atoms with van der Waals surface area (Å²) in [6, 6.07) is 7.74. The first-order valence-electron chi connectivity index (χ1n) is 10.3. The topological polar surface area (TPSA) is 78.5 Å². The number of aryl methyl sites for hydroxylation is 1. The van der Waals surface area contributed by atoms with Gasteiger partial charge in [0.15, 0.2) is 0 Å². The van der Waals surface area contributed by atoms with Gasteiger partial charge in [-0.15, -0.1) is 0 Å². The number of likely N-dealkylation sites (tertiary alicyclic amines) is 1. The number of benzene rings is 1. The normalized spacial score (nSPS) is 21.1. The molecule has 0 saturated carbocycles. The second kappa shape index (κ2) is 8.84. The lowest BCUT2D eigenvalue weighted by molar-refractivity contribution is -0.135. The molecule has 1 aromatic carbocycles. The van der Waals surface area contributed by atoms with Crippen LogP contribution >= 0.6 is 0 Å². The van der Waals surface area contributed by atoms with Gasteiger partial charge in [-0.3, -0.25) is 14.5 Å². The predicted molar refractivity (Wildman–Crippen MR) is 107 cm³/mol. The fourth-order valence-electron chi connectivity index (χ4n) is 4.21. The maximum atomic E-state index is 12.9. The first-order chi connectivity index (χ1) is 13.7. The molecule has 4 rings (SSSR count). The number of piperidine rings is 1. The summed E-state index contributed by atoms with van der Waals surface area (Å²) in [5.74, 6) is 0.132. The summed E-state index contributed by atoms with van der Waals surface area (Å²) in [5.41, 5.74) is 1.72. The Morgan fingerprint density at radius 1 is 1.18 bits per heavy atom. The average molecular weight is 384 g/mol. The van der Waals surface area contributed by atoms with Crippen LogP contribution in [0.15, 0.2) is 29.1 Å². The minimum atomic E-state index is -0.199. The van der Waals surface area contributed by atoms with Gasteiger partial charge < -0.3 is 14.6 Å². The highest BCUT2D eigenvalue weighted by Gasteiger charge is 2.28. The molecule has 2 aliphatic heterocycles. The Morgan fingerprint density at radius 3 is 2.86 bits per heavy atom. The third kappa shape index (κ3) is 4.42. The lowest BCUT2D eigenvalue weighted by atomic mass is 10.0. The number of carbonyl (C=O) groups excluding carboxylic acids is 1. The van der Waals surface area contributed by atoms with Gasteiger partial charge in [0.2, 0.25) is 5.91 Å². The van der Waals surface area contributed by atoms with Crippen LogP contribution in [0.2, 0.25) is 0 Å². The Balaban J connectivity index is 1.40. The molecule has 0 bridgehead atoms. The van der Waals surface area contributed by atoms with Gasteiger partial charge in [-0.1, -0.05) is 12.1 Å². The molecular weight excluding hydrogens is 356 g/mol. The first-order valence-corrected chi connectivity index (χ1v) is 10.3. The van der Waals surface area contributed by atoms with E-state index in [1.807, 2.05) is 29.2 Å². The van der Waals surface area contributed by atoms with Crippen molar-refractivity contribution in [2.75, 3.05) is 39.4 Å². The van der Waals surface area contributed by atoms with E-state index in [1.54, 1.807) is 0 Å². The molecule has 150 valence electrons. The Kier molecular flexibility index (Phi) is 6.02. The quantitative estimate of drug-likeness (QED) is 0.847. The van der Waals surface area contributed by atoms with Gasteiger partial charge >= 0.3 is 0 Å². The summed E-state index contributed by atoms with van der Waals surface area (Å²) in [6.07, 6.45) is 3.98. The highest BCUT2D eigenvalue weighted by Crippen LogP contribution is 2.20. The van der Waals surface area contributed by atoms with E-state index in [2.05, 4.69) is 14.9 Å². The number of fused-ring (bicyclic) bond motifs is 1. The molecule has 1 aromatic heterocycles. The largest absolute Gasteiger partial charge is 0.379 e. The maximum Gasteiger partial charge on any atom is 0.270 e. The van der Waals surface area contributed by atoms with Crippen molar-refractivity contribution in [2.24, 2.45) is 0 Å². The smallest absolute Gasteiger partial charge is 0.270 e. The van der Waals surface area contributed by atoms with Crippen LogP contribution in [-0.2, 0) is 16.0 Å². The standard InChI is InChI=1S/C21H28N4O3/c26-20(9-8-19-21(27)23-18-7-2-1-6-17(18)22-19)25-10-4-3-5-16(25)15-24-11-13-28-14-12-24/h1-2,6-7,16H,3-5,8-15H2,(H,23,27)/t16-/m1/s1. The molecule has 0 unspecified atom stereocenters. The van der Waals surface area contributed by atoms with Gasteiger partial charge in [-0.05, 0) is 31.4 Å². The van der Waals surface area contributed by atoms with E-state index in [9.17, 15) is 9.59 Å².